The highest BCUT2D eigenvalue weighted by Gasteiger charge is 2.61. The SMILES string of the molecule is Nc1c(C(F)(F)F)c(C(F)(F)F)c(-c2c(C(F)(F)F)c(C(F)(F)F)c(N)c(C(F)(F)F)c2C(F)(F)F)c(C(F)(F)F)c1C(F)(F)F. The molecular weight excluding hydrogens is 724 g/mol. The first kappa shape index (κ1) is 38.5. The number of nitrogens with two attached hydrogens (primary N) is 2. The lowest BCUT2D eigenvalue weighted by molar-refractivity contribution is -0.171. The predicted molar refractivity (Wildman–Crippen MR) is 101 cm³/mol. The Morgan fingerprint density at radius 3 is 0.413 bits per heavy atom. The molecule has 0 radical (unpaired) electrons. The Labute approximate surface area is 234 Å². The molecule has 0 unspecified atom stereocenters. The fourth-order valence-electron chi connectivity index (χ4n) is 4.35. The van der Waals surface area contributed by atoms with Crippen LogP contribution in [-0.4, -0.2) is 0 Å². The van der Waals surface area contributed by atoms with E-state index in [1.165, 1.54) is 0 Å². The normalized spacial score (nSPS) is 14.7. The van der Waals surface area contributed by atoms with Crippen molar-refractivity contribution in [3.63, 3.8) is 0 Å². The van der Waals surface area contributed by atoms with Gasteiger partial charge in [-0.2, -0.15) is 105 Å². The Morgan fingerprint density at radius 2 is 0.326 bits per heavy atom. The van der Waals surface area contributed by atoms with Gasteiger partial charge in [-0.3, -0.25) is 0 Å². The predicted octanol–water partition coefficient (Wildman–Crippen LogP) is 10.7. The second-order valence-electron chi connectivity index (χ2n) is 8.56. The Morgan fingerprint density at radius 1 is 0.217 bits per heavy atom. The van der Waals surface area contributed by atoms with Gasteiger partial charge in [0.1, 0.15) is 0 Å². The molecule has 4 N–H and O–H groups in total. The van der Waals surface area contributed by atoms with Gasteiger partial charge in [-0.1, -0.05) is 0 Å². The van der Waals surface area contributed by atoms with E-state index in [-0.39, 0.29) is 0 Å². The van der Waals surface area contributed by atoms with Crippen LogP contribution in [0.2, 0.25) is 0 Å². The molecule has 0 fully saturated rings. The molecule has 2 aromatic carbocycles. The van der Waals surface area contributed by atoms with Gasteiger partial charge in [-0.25, -0.2) is 0 Å². The fraction of sp³-hybridized carbons (Fsp3) is 0.400. The van der Waals surface area contributed by atoms with Crippen LogP contribution in [0.5, 0.6) is 0 Å². The summed E-state index contributed by atoms with van der Waals surface area (Å²) in [5.41, 5.74) is -44.5. The maximum absolute atomic E-state index is 14.1. The smallest absolute Gasteiger partial charge is 0.398 e. The summed E-state index contributed by atoms with van der Waals surface area (Å²) in [6.45, 7) is 0. The number of anilines is 2. The van der Waals surface area contributed by atoms with E-state index in [9.17, 15) is 105 Å². The van der Waals surface area contributed by atoms with Crippen molar-refractivity contribution in [3.05, 3.63) is 44.5 Å². The van der Waals surface area contributed by atoms with Crippen molar-refractivity contribution < 1.29 is 105 Å². The molecule has 0 aromatic heterocycles. The molecule has 0 aliphatic carbocycles. The van der Waals surface area contributed by atoms with Crippen LogP contribution in [0.1, 0.15) is 44.5 Å². The van der Waals surface area contributed by atoms with Gasteiger partial charge in [0.2, 0.25) is 0 Å². The average molecular weight is 728 g/mol. The quantitative estimate of drug-likeness (QED) is 0.227. The summed E-state index contributed by atoms with van der Waals surface area (Å²) in [5.74, 6) is 0. The van der Waals surface area contributed by atoms with Crippen LogP contribution in [0.15, 0.2) is 0 Å². The van der Waals surface area contributed by atoms with E-state index >= 15 is 0 Å². The molecule has 2 nitrogen and oxygen atoms in total. The molecule has 0 atom stereocenters. The number of hydrogen-bond donors (Lipinski definition) is 2. The third kappa shape index (κ3) is 6.73. The number of benzene rings is 2. The molecule has 2 aromatic rings. The van der Waals surface area contributed by atoms with Crippen LogP contribution in [0.25, 0.3) is 11.1 Å². The monoisotopic (exact) mass is 728 g/mol. The molecule has 0 aliphatic heterocycles. The summed E-state index contributed by atoms with van der Waals surface area (Å²) in [6.07, 6.45) is -59.3. The van der Waals surface area contributed by atoms with E-state index in [0.717, 1.165) is 0 Å². The summed E-state index contributed by atoms with van der Waals surface area (Å²) in [7, 11) is 0. The molecule has 0 saturated heterocycles. The minimum atomic E-state index is -7.57. The van der Waals surface area contributed by atoms with Crippen LogP contribution in [0.4, 0.5) is 117 Å². The van der Waals surface area contributed by atoms with Gasteiger partial charge >= 0.3 is 49.4 Å². The largest absolute Gasteiger partial charge is 0.419 e. The van der Waals surface area contributed by atoms with E-state index in [1.54, 1.807) is 0 Å². The zero-order valence-electron chi connectivity index (χ0n) is 20.2. The highest BCUT2D eigenvalue weighted by molar-refractivity contribution is 5.89. The number of nitrogen functional groups attached to an aromatic ring is 2. The van der Waals surface area contributed by atoms with Crippen molar-refractivity contribution in [3.8, 4) is 11.1 Å². The topological polar surface area (TPSA) is 52.0 Å². The molecule has 0 amide bonds. The third-order valence-corrected chi connectivity index (χ3v) is 5.60. The molecule has 26 heteroatoms. The van der Waals surface area contributed by atoms with Gasteiger partial charge in [-0.15, -0.1) is 0 Å². The first-order valence-electron chi connectivity index (χ1n) is 10.4. The minimum Gasteiger partial charge on any atom is -0.398 e. The molecule has 0 spiro atoms. The van der Waals surface area contributed by atoms with E-state index in [1.807, 2.05) is 0 Å². The molecule has 262 valence electrons. The first-order valence-corrected chi connectivity index (χ1v) is 10.4. The van der Waals surface area contributed by atoms with Crippen molar-refractivity contribution in [2.24, 2.45) is 0 Å². The van der Waals surface area contributed by atoms with Crippen molar-refractivity contribution in [1.29, 1.82) is 0 Å². The molecule has 2 rings (SSSR count). The number of alkyl halides is 24. The molecule has 0 saturated carbocycles. The molecule has 0 bridgehead atoms. The van der Waals surface area contributed by atoms with Gasteiger partial charge in [0.25, 0.3) is 0 Å². The van der Waals surface area contributed by atoms with Gasteiger partial charge in [0, 0.05) is 11.1 Å². The van der Waals surface area contributed by atoms with Crippen LogP contribution in [0, 0.1) is 0 Å². The maximum Gasteiger partial charge on any atom is 0.419 e. The van der Waals surface area contributed by atoms with E-state index in [0.29, 0.717) is 0 Å². The Balaban J connectivity index is 4.07. The standard InChI is InChI=1S/C20H4F24N2/c21-13(22,23)3-1(4(14(24,25)26)8(18(36,37)38)11(45)7(3)17(33,34)35)2-5(15(27,28)29)9(19(39,40)41)12(46)10(20(42,43)44)6(2)16(30,31)32/h45-46H2. The Bertz CT molecular complexity index is 1290. The number of rotatable bonds is 1. The summed E-state index contributed by atoms with van der Waals surface area (Å²) >= 11 is 0. The van der Waals surface area contributed by atoms with Crippen LogP contribution < -0.4 is 11.5 Å². The lowest BCUT2D eigenvalue weighted by Gasteiger charge is -2.33. The fourth-order valence-corrected chi connectivity index (χ4v) is 4.35. The molecule has 46 heavy (non-hydrogen) atoms. The summed E-state index contributed by atoms with van der Waals surface area (Å²) in [6, 6.07) is 0. The summed E-state index contributed by atoms with van der Waals surface area (Å²) < 4.78 is 334. The number of halogens is 24. The maximum atomic E-state index is 14.1. The van der Waals surface area contributed by atoms with Gasteiger partial charge < -0.3 is 11.5 Å². The average Bonchev–Trinajstić information content (AvgIpc) is 2.71. The van der Waals surface area contributed by atoms with E-state index in [4.69, 9.17) is 0 Å². The van der Waals surface area contributed by atoms with Crippen molar-refractivity contribution in [1.82, 2.24) is 0 Å². The van der Waals surface area contributed by atoms with Crippen LogP contribution in [0.3, 0.4) is 0 Å². The van der Waals surface area contributed by atoms with Crippen molar-refractivity contribution in [2.45, 2.75) is 49.4 Å². The second kappa shape index (κ2) is 10.4. The van der Waals surface area contributed by atoms with Gasteiger partial charge in [-0.05, 0) is 0 Å². The van der Waals surface area contributed by atoms with Crippen LogP contribution in [-0.2, 0) is 49.4 Å². The zero-order valence-corrected chi connectivity index (χ0v) is 20.2. The van der Waals surface area contributed by atoms with Gasteiger partial charge in [0.05, 0.1) is 55.9 Å². The highest BCUT2D eigenvalue weighted by Crippen LogP contribution is 2.63. The molecular formula is C20H4F24N2. The Kier molecular flexibility index (Phi) is 8.74. The molecule has 0 aliphatic rings. The second-order valence-corrected chi connectivity index (χ2v) is 8.56. The Hall–Kier alpha value is -3.64. The van der Waals surface area contributed by atoms with Gasteiger partial charge in [0.15, 0.2) is 0 Å². The minimum absolute atomic E-state index is 3.73. The van der Waals surface area contributed by atoms with E-state index in [2.05, 4.69) is 11.5 Å². The van der Waals surface area contributed by atoms with Crippen molar-refractivity contribution >= 4 is 11.4 Å². The summed E-state index contributed by atoms with van der Waals surface area (Å²) in [5, 5.41) is 0. The highest BCUT2D eigenvalue weighted by atomic mass is 19.4. The number of hydrogen-bond acceptors (Lipinski definition) is 2. The lowest BCUT2D eigenvalue weighted by atomic mass is 9.78. The molecule has 0 heterocycles. The summed E-state index contributed by atoms with van der Waals surface area (Å²) in [4.78, 5) is 0. The lowest BCUT2D eigenvalue weighted by Crippen LogP contribution is -2.32. The van der Waals surface area contributed by atoms with E-state index < -0.39 is 116 Å². The van der Waals surface area contributed by atoms with Crippen molar-refractivity contribution in [2.75, 3.05) is 11.5 Å². The zero-order chi connectivity index (χ0) is 36.9. The van der Waals surface area contributed by atoms with Crippen LogP contribution >= 0.6 is 0 Å². The third-order valence-electron chi connectivity index (χ3n) is 5.60. The first-order chi connectivity index (χ1) is 19.8.